The van der Waals surface area contributed by atoms with E-state index in [4.69, 9.17) is 4.74 Å². The van der Waals surface area contributed by atoms with Gasteiger partial charge in [-0.3, -0.25) is 4.79 Å². The van der Waals surface area contributed by atoms with Crippen molar-refractivity contribution in [1.29, 1.82) is 0 Å². The van der Waals surface area contributed by atoms with Crippen LogP contribution in [0.4, 0.5) is 0 Å². The lowest BCUT2D eigenvalue weighted by Gasteiger charge is -2.04. The summed E-state index contributed by atoms with van der Waals surface area (Å²) in [6.45, 7) is 6.04. The third-order valence-corrected chi connectivity index (χ3v) is 5.39. The van der Waals surface area contributed by atoms with Crippen LogP contribution in [0.5, 0.6) is 0 Å². The highest BCUT2D eigenvalue weighted by Crippen LogP contribution is 2.27. The molecule has 0 amide bonds. The summed E-state index contributed by atoms with van der Waals surface area (Å²) in [4.78, 5) is 32.4. The minimum Gasteiger partial charge on any atom is -0.465 e. The molecular weight excluding hydrogens is 348 g/mol. The Morgan fingerprint density at radius 3 is 2.54 bits per heavy atom. The zero-order valence-corrected chi connectivity index (χ0v) is 15.9. The Kier molecular flexibility index (Phi) is 5.04. The molecule has 1 N–H and O–H groups in total. The Labute approximate surface area is 155 Å². The highest BCUT2D eigenvalue weighted by Gasteiger charge is 2.19. The number of H-pyrrole nitrogens is 1. The fourth-order valence-corrected chi connectivity index (χ4v) is 3.80. The number of aryl methyl sites for hydroxylation is 1. The van der Waals surface area contributed by atoms with Crippen LogP contribution in [0.1, 0.15) is 52.0 Å². The number of methoxy groups -OCH3 is 1. The number of carbonyl (C=O) groups excluding carboxylic acids is 1. The molecule has 0 radical (unpaired) electrons. The van der Waals surface area contributed by atoms with Gasteiger partial charge in [-0.25, -0.2) is 9.78 Å². The molecular formula is C20H20N2O3S. The maximum atomic E-state index is 12.4. The van der Waals surface area contributed by atoms with E-state index in [1.54, 1.807) is 13.0 Å². The number of nitrogens with one attached hydrogen (secondary N) is 1. The van der Waals surface area contributed by atoms with E-state index >= 15 is 0 Å². The molecule has 1 aromatic carbocycles. The number of esters is 1. The normalized spacial score (nSPS) is 11.6. The van der Waals surface area contributed by atoms with Crippen molar-refractivity contribution < 1.29 is 9.53 Å². The summed E-state index contributed by atoms with van der Waals surface area (Å²) in [5.41, 5.74) is 2.65. The molecule has 26 heavy (non-hydrogen) atoms. The zero-order chi connectivity index (χ0) is 18.8. The van der Waals surface area contributed by atoms with Gasteiger partial charge in [0.25, 0.3) is 5.56 Å². The van der Waals surface area contributed by atoms with Crippen molar-refractivity contribution in [3.05, 3.63) is 62.0 Å². The van der Waals surface area contributed by atoms with Crippen molar-refractivity contribution in [2.24, 2.45) is 0 Å². The molecule has 0 saturated carbocycles. The lowest BCUT2D eigenvalue weighted by atomic mass is 10.0. The summed E-state index contributed by atoms with van der Waals surface area (Å²) in [7, 11) is 1.32. The largest absolute Gasteiger partial charge is 0.465 e. The third-order valence-electron chi connectivity index (χ3n) is 4.23. The number of hydrogen-bond acceptors (Lipinski definition) is 5. The highest BCUT2D eigenvalue weighted by molar-refractivity contribution is 7.20. The van der Waals surface area contributed by atoms with Crippen molar-refractivity contribution in [3.8, 4) is 0 Å². The first-order chi connectivity index (χ1) is 12.4. The second-order valence-electron chi connectivity index (χ2n) is 6.33. The standard InChI is InChI=1S/C20H20N2O3S/c1-11(2)14-8-5-13(6-9-14)7-10-15-21-18(23)16-12(3)17(20(24)25-4)26-19(16)22-15/h5-11H,1-4H3,(H,21,22,23)/b10-7+. The maximum Gasteiger partial charge on any atom is 0.348 e. The highest BCUT2D eigenvalue weighted by atomic mass is 32.1. The second-order valence-corrected chi connectivity index (χ2v) is 7.33. The van der Waals surface area contributed by atoms with E-state index in [0.717, 1.165) is 5.56 Å². The van der Waals surface area contributed by atoms with Crippen molar-refractivity contribution >= 4 is 39.7 Å². The molecule has 3 rings (SSSR count). The summed E-state index contributed by atoms with van der Waals surface area (Å²) < 4.78 is 4.77. The summed E-state index contributed by atoms with van der Waals surface area (Å²) >= 11 is 1.17. The van der Waals surface area contributed by atoms with E-state index in [9.17, 15) is 9.59 Å². The molecule has 0 atom stereocenters. The van der Waals surface area contributed by atoms with Crippen LogP contribution in [0.2, 0.25) is 0 Å². The van der Waals surface area contributed by atoms with Gasteiger partial charge in [-0.05, 0) is 35.6 Å². The topological polar surface area (TPSA) is 72.0 Å². The van der Waals surface area contributed by atoms with Crippen LogP contribution in [0.15, 0.2) is 29.1 Å². The molecule has 0 unspecified atom stereocenters. The van der Waals surface area contributed by atoms with Crippen molar-refractivity contribution in [2.75, 3.05) is 7.11 Å². The monoisotopic (exact) mass is 368 g/mol. The number of benzene rings is 1. The van der Waals surface area contributed by atoms with Crippen LogP contribution in [0.25, 0.3) is 22.4 Å². The Morgan fingerprint density at radius 2 is 1.92 bits per heavy atom. The van der Waals surface area contributed by atoms with Gasteiger partial charge >= 0.3 is 5.97 Å². The van der Waals surface area contributed by atoms with Crippen LogP contribution in [-0.2, 0) is 4.74 Å². The molecule has 0 aliphatic rings. The average molecular weight is 368 g/mol. The predicted octanol–water partition coefficient (Wildman–Crippen LogP) is 4.37. The number of thiophene rings is 1. The molecule has 2 aromatic heterocycles. The SMILES string of the molecule is COC(=O)c1sc2nc(/C=C/c3ccc(C(C)C)cc3)[nH]c(=O)c2c1C. The third kappa shape index (κ3) is 3.46. The van der Waals surface area contributed by atoms with Gasteiger partial charge in [0.05, 0.1) is 12.5 Å². The van der Waals surface area contributed by atoms with Crippen LogP contribution in [-0.4, -0.2) is 23.0 Å². The van der Waals surface area contributed by atoms with Gasteiger partial charge in [-0.1, -0.05) is 44.2 Å². The Bertz CT molecular complexity index is 1040. The smallest absolute Gasteiger partial charge is 0.348 e. The molecule has 0 aliphatic carbocycles. The minimum absolute atomic E-state index is 0.256. The Hall–Kier alpha value is -2.73. The first-order valence-corrected chi connectivity index (χ1v) is 9.12. The first-order valence-electron chi connectivity index (χ1n) is 8.30. The number of carbonyl (C=O) groups is 1. The van der Waals surface area contributed by atoms with E-state index in [2.05, 4.69) is 35.9 Å². The van der Waals surface area contributed by atoms with Gasteiger partial charge < -0.3 is 9.72 Å². The van der Waals surface area contributed by atoms with E-state index in [1.165, 1.54) is 24.0 Å². The zero-order valence-electron chi connectivity index (χ0n) is 15.1. The number of ether oxygens (including phenoxy) is 1. The van der Waals surface area contributed by atoms with Crippen LogP contribution in [0.3, 0.4) is 0 Å². The Balaban J connectivity index is 1.96. The number of aromatic amines is 1. The van der Waals surface area contributed by atoms with Gasteiger partial charge in [-0.2, -0.15) is 0 Å². The maximum absolute atomic E-state index is 12.4. The summed E-state index contributed by atoms with van der Waals surface area (Å²) in [6, 6.07) is 8.25. The fraction of sp³-hybridized carbons (Fsp3) is 0.250. The van der Waals surface area contributed by atoms with Crippen molar-refractivity contribution in [2.45, 2.75) is 26.7 Å². The molecule has 3 aromatic rings. The fourth-order valence-electron chi connectivity index (χ4n) is 2.69. The summed E-state index contributed by atoms with van der Waals surface area (Å²) in [5.74, 6) is 0.486. The molecule has 2 heterocycles. The van der Waals surface area contributed by atoms with E-state index in [-0.39, 0.29) is 5.56 Å². The lowest BCUT2D eigenvalue weighted by Crippen LogP contribution is -2.09. The van der Waals surface area contributed by atoms with E-state index < -0.39 is 5.97 Å². The molecule has 0 fully saturated rings. The van der Waals surface area contributed by atoms with Gasteiger partial charge in [0.1, 0.15) is 15.5 Å². The molecule has 0 saturated heterocycles. The van der Waals surface area contributed by atoms with Gasteiger partial charge in [0, 0.05) is 0 Å². The van der Waals surface area contributed by atoms with Gasteiger partial charge in [0.15, 0.2) is 0 Å². The van der Waals surface area contributed by atoms with Crippen LogP contribution >= 0.6 is 11.3 Å². The molecule has 134 valence electrons. The van der Waals surface area contributed by atoms with Crippen molar-refractivity contribution in [3.63, 3.8) is 0 Å². The van der Waals surface area contributed by atoms with Crippen LogP contribution in [0, 0.1) is 6.92 Å². The minimum atomic E-state index is -0.452. The summed E-state index contributed by atoms with van der Waals surface area (Å²) in [6.07, 6.45) is 3.66. The second kappa shape index (κ2) is 7.25. The molecule has 0 bridgehead atoms. The molecule has 0 spiro atoms. The van der Waals surface area contributed by atoms with Crippen molar-refractivity contribution in [1.82, 2.24) is 9.97 Å². The number of nitrogens with zero attached hydrogens (tertiary/aromatic N) is 1. The molecule has 5 nitrogen and oxygen atoms in total. The van der Waals surface area contributed by atoms with Gasteiger partial charge in [0.2, 0.25) is 0 Å². The summed E-state index contributed by atoms with van der Waals surface area (Å²) in [5, 5.41) is 0.439. The van der Waals surface area contributed by atoms with E-state index in [1.807, 2.05) is 18.2 Å². The average Bonchev–Trinajstić information content (AvgIpc) is 2.96. The van der Waals surface area contributed by atoms with Crippen LogP contribution < -0.4 is 5.56 Å². The molecule has 0 aliphatic heterocycles. The molecule has 6 heteroatoms. The predicted molar refractivity (Wildman–Crippen MR) is 106 cm³/mol. The number of fused-ring (bicyclic) bond motifs is 1. The lowest BCUT2D eigenvalue weighted by molar-refractivity contribution is 0.0605. The Morgan fingerprint density at radius 1 is 1.23 bits per heavy atom. The number of rotatable bonds is 4. The number of aromatic nitrogens is 2. The number of hydrogen-bond donors (Lipinski definition) is 1. The van der Waals surface area contributed by atoms with Gasteiger partial charge in [-0.15, -0.1) is 11.3 Å². The van der Waals surface area contributed by atoms with E-state index in [0.29, 0.717) is 32.4 Å². The quantitative estimate of drug-likeness (QED) is 0.694. The first kappa shape index (κ1) is 18.1.